The quantitative estimate of drug-likeness (QED) is 0.0195. The molecule has 1 heterocycles. The van der Waals surface area contributed by atoms with E-state index in [0.29, 0.717) is 12.8 Å². The van der Waals surface area contributed by atoms with E-state index in [1.807, 2.05) is 6.08 Å². The van der Waals surface area contributed by atoms with Gasteiger partial charge in [-0.15, -0.1) is 0 Å². The molecule has 1 fully saturated rings. The fourth-order valence-corrected chi connectivity index (χ4v) is 9.68. The van der Waals surface area contributed by atoms with Crippen LogP contribution in [0.3, 0.4) is 0 Å². The number of nitrogens with one attached hydrogen (secondary N) is 1. The van der Waals surface area contributed by atoms with Crippen LogP contribution < -0.4 is 5.32 Å². The van der Waals surface area contributed by atoms with Crippen LogP contribution >= 0.6 is 0 Å². The second-order valence-electron chi connectivity index (χ2n) is 22.5. The summed E-state index contributed by atoms with van der Waals surface area (Å²) < 4.78 is 17.6. The molecule has 0 aromatic carbocycles. The monoisotopic (exact) mass is 1150 g/mol. The number of carbonyl (C=O) groups is 2. The fourth-order valence-electron chi connectivity index (χ4n) is 9.68. The number of aliphatic hydroxyl groups is 5. The highest BCUT2D eigenvalue weighted by molar-refractivity contribution is 5.80. The maximum Gasteiger partial charge on any atom is 0.306 e. The Morgan fingerprint density at radius 2 is 0.878 bits per heavy atom. The molecule has 1 amide bonds. The number of hydrogen-bond acceptors (Lipinski definition) is 10. The molecule has 6 N–H and O–H groups in total. The van der Waals surface area contributed by atoms with E-state index >= 15 is 0 Å². The predicted molar refractivity (Wildman–Crippen MR) is 342 cm³/mol. The maximum atomic E-state index is 13.4. The van der Waals surface area contributed by atoms with Crippen LogP contribution in [0.15, 0.2) is 109 Å². The van der Waals surface area contributed by atoms with Crippen molar-refractivity contribution in [1.82, 2.24) is 5.32 Å². The highest BCUT2D eigenvalue weighted by atomic mass is 16.7. The number of unbranched alkanes of at least 4 members (excludes halogenated alkanes) is 25. The summed E-state index contributed by atoms with van der Waals surface area (Å²) in [5, 5.41) is 57.1. The molecular formula is C71H121NO10. The number of amides is 1. The Morgan fingerprint density at radius 3 is 1.34 bits per heavy atom. The first-order valence-corrected chi connectivity index (χ1v) is 33.2. The van der Waals surface area contributed by atoms with E-state index in [1.165, 1.54) is 70.6 Å². The second kappa shape index (κ2) is 57.7. The molecule has 11 nitrogen and oxygen atoms in total. The molecule has 1 rings (SSSR count). The molecule has 0 saturated carbocycles. The van der Waals surface area contributed by atoms with Crippen LogP contribution in [0.4, 0.5) is 0 Å². The first kappa shape index (κ1) is 76.3. The van der Waals surface area contributed by atoms with Gasteiger partial charge in [-0.25, -0.2) is 0 Å². The Hall–Kier alpha value is -3.68. The Kier molecular flexibility index (Phi) is 53.7. The summed E-state index contributed by atoms with van der Waals surface area (Å²) in [4.78, 5) is 26.6. The SMILES string of the molecule is CC/C=C\C/C=C\C/C=C\C/C=C\C/C=C\CCCCCCCCCC(=O)OC1C(OCC(NC(=O)C(O)CCCCCCC/C=C\C/C=C\C/C=C\CCCCC)C(O)/C=C/CCCCCCCCCCCC)OC(CO)C(O)C1O. The third-order valence-electron chi connectivity index (χ3n) is 14.9. The zero-order chi connectivity index (χ0) is 59.6. The standard InChI is InChI=1S/C71H121NO10/c1-4-7-10-13-16-19-22-25-27-29-31-32-33-34-35-37-39-41-44-47-50-53-56-59-66(76)82-69-68(78)67(77)65(60-73)81-71(69)80-61-62(63(74)57-54-51-48-45-42-24-21-18-15-12-9-6-3)72-70(79)64(75)58-55-52-49-46-43-40-38-36-30-28-26-23-20-17-14-11-8-5-2/h7,10,16-17,19-20,25-28,31-32,34-36,38,54,57,62-65,67-69,71,73-75,77-78H,4-6,8-9,11-15,18,21-24,29-30,33,37,39-53,55-56,58-61H2,1-3H3,(H,72,79)/b10-7-,19-16-,20-17-,27-25-,28-26-,32-31-,35-34-,38-36-,57-54+. The summed E-state index contributed by atoms with van der Waals surface area (Å²) >= 11 is 0. The first-order valence-electron chi connectivity index (χ1n) is 33.2. The van der Waals surface area contributed by atoms with Crippen molar-refractivity contribution in [2.24, 2.45) is 0 Å². The molecule has 0 bridgehead atoms. The lowest BCUT2D eigenvalue weighted by atomic mass is 9.99. The number of hydrogen-bond donors (Lipinski definition) is 6. The average molecular weight is 1150 g/mol. The summed E-state index contributed by atoms with van der Waals surface area (Å²) in [6.07, 6.45) is 68.3. The van der Waals surface area contributed by atoms with Crippen LogP contribution in [0.25, 0.3) is 0 Å². The molecule has 82 heavy (non-hydrogen) atoms. The van der Waals surface area contributed by atoms with Gasteiger partial charge in [0.25, 0.3) is 0 Å². The van der Waals surface area contributed by atoms with Gasteiger partial charge in [0.2, 0.25) is 5.91 Å². The van der Waals surface area contributed by atoms with Crippen molar-refractivity contribution in [3.63, 3.8) is 0 Å². The molecule has 8 atom stereocenters. The summed E-state index contributed by atoms with van der Waals surface area (Å²) in [5.41, 5.74) is 0. The second-order valence-corrected chi connectivity index (χ2v) is 22.5. The van der Waals surface area contributed by atoms with Gasteiger partial charge in [-0.05, 0) is 109 Å². The number of aliphatic hydroxyl groups excluding tert-OH is 5. The predicted octanol–water partition coefficient (Wildman–Crippen LogP) is 16.4. The van der Waals surface area contributed by atoms with Crippen LogP contribution in [0, 0.1) is 0 Å². The zero-order valence-electron chi connectivity index (χ0n) is 52.1. The third kappa shape index (κ3) is 44.8. The number of allylic oxidation sites excluding steroid dienone is 17. The Labute approximate surface area is 500 Å². The molecule has 470 valence electrons. The highest BCUT2D eigenvalue weighted by Gasteiger charge is 2.47. The van der Waals surface area contributed by atoms with Crippen molar-refractivity contribution in [2.75, 3.05) is 13.2 Å². The average Bonchev–Trinajstić information content (AvgIpc) is 3.44. The first-order chi connectivity index (χ1) is 40.2. The molecule has 0 aromatic heterocycles. The van der Waals surface area contributed by atoms with Gasteiger partial charge in [0.05, 0.1) is 25.4 Å². The Balaban J connectivity index is 2.65. The minimum absolute atomic E-state index is 0.103. The molecule has 0 radical (unpaired) electrons. The van der Waals surface area contributed by atoms with E-state index in [1.54, 1.807) is 6.08 Å². The summed E-state index contributed by atoms with van der Waals surface area (Å²) in [7, 11) is 0. The Bertz CT molecular complexity index is 1750. The van der Waals surface area contributed by atoms with Crippen molar-refractivity contribution in [3.05, 3.63) is 109 Å². The summed E-state index contributed by atoms with van der Waals surface area (Å²) in [5.74, 6) is -1.22. The van der Waals surface area contributed by atoms with E-state index in [-0.39, 0.29) is 19.4 Å². The van der Waals surface area contributed by atoms with Crippen LogP contribution in [0.2, 0.25) is 0 Å². The van der Waals surface area contributed by atoms with Crippen LogP contribution in [0.5, 0.6) is 0 Å². The third-order valence-corrected chi connectivity index (χ3v) is 14.9. The van der Waals surface area contributed by atoms with Crippen LogP contribution in [0.1, 0.15) is 265 Å². The molecule has 11 heteroatoms. The molecule has 8 unspecified atom stereocenters. The lowest BCUT2D eigenvalue weighted by Gasteiger charge is -2.41. The van der Waals surface area contributed by atoms with E-state index in [4.69, 9.17) is 14.2 Å². The van der Waals surface area contributed by atoms with E-state index < -0.39 is 67.4 Å². The largest absolute Gasteiger partial charge is 0.454 e. The van der Waals surface area contributed by atoms with Gasteiger partial charge in [0.1, 0.15) is 24.4 Å². The Morgan fingerprint density at radius 1 is 0.488 bits per heavy atom. The van der Waals surface area contributed by atoms with Crippen molar-refractivity contribution in [1.29, 1.82) is 0 Å². The van der Waals surface area contributed by atoms with Crippen LogP contribution in [-0.4, -0.2) is 99.6 Å². The zero-order valence-corrected chi connectivity index (χ0v) is 52.1. The van der Waals surface area contributed by atoms with Gasteiger partial charge >= 0.3 is 5.97 Å². The summed E-state index contributed by atoms with van der Waals surface area (Å²) in [6, 6.07) is -1.04. The molecular weight excluding hydrogens is 1030 g/mol. The van der Waals surface area contributed by atoms with Crippen molar-refractivity contribution in [2.45, 2.75) is 314 Å². The molecule has 0 spiro atoms. The lowest BCUT2D eigenvalue weighted by Crippen LogP contribution is -2.61. The molecule has 0 aliphatic carbocycles. The van der Waals surface area contributed by atoms with Crippen LogP contribution in [-0.2, 0) is 23.8 Å². The number of carbonyl (C=O) groups excluding carboxylic acids is 2. The topological polar surface area (TPSA) is 175 Å². The number of rotatable bonds is 55. The van der Waals surface area contributed by atoms with Gasteiger partial charge in [-0.1, -0.05) is 259 Å². The number of esters is 1. The van der Waals surface area contributed by atoms with E-state index in [9.17, 15) is 35.1 Å². The summed E-state index contributed by atoms with van der Waals surface area (Å²) in [6.45, 7) is 5.64. The van der Waals surface area contributed by atoms with E-state index in [0.717, 1.165) is 148 Å². The number of ether oxygens (including phenoxy) is 3. The molecule has 1 aliphatic heterocycles. The smallest absolute Gasteiger partial charge is 0.306 e. The maximum absolute atomic E-state index is 13.4. The fraction of sp³-hybridized carbons (Fsp3) is 0.718. The normalized spacial score (nSPS) is 19.3. The van der Waals surface area contributed by atoms with Gasteiger partial charge in [0.15, 0.2) is 12.4 Å². The van der Waals surface area contributed by atoms with Crippen molar-refractivity contribution in [3.8, 4) is 0 Å². The van der Waals surface area contributed by atoms with Gasteiger partial charge < -0.3 is 45.1 Å². The van der Waals surface area contributed by atoms with Crippen molar-refractivity contribution >= 4 is 11.9 Å². The molecule has 1 aliphatic rings. The van der Waals surface area contributed by atoms with Gasteiger partial charge in [0, 0.05) is 6.42 Å². The molecule has 0 aromatic rings. The van der Waals surface area contributed by atoms with Gasteiger partial charge in [-0.2, -0.15) is 0 Å². The minimum atomic E-state index is -1.63. The lowest BCUT2D eigenvalue weighted by molar-refractivity contribution is -0.305. The minimum Gasteiger partial charge on any atom is -0.454 e. The highest BCUT2D eigenvalue weighted by Crippen LogP contribution is 2.26. The van der Waals surface area contributed by atoms with Gasteiger partial charge in [-0.3, -0.25) is 9.59 Å². The molecule has 1 saturated heterocycles. The van der Waals surface area contributed by atoms with E-state index in [2.05, 4.69) is 123 Å². The van der Waals surface area contributed by atoms with Crippen molar-refractivity contribution < 1.29 is 49.3 Å².